The SMILES string of the molecule is C1CN(N2CCSC2)CCN1. The van der Waals surface area contributed by atoms with Crippen LogP contribution in [0.3, 0.4) is 0 Å². The van der Waals surface area contributed by atoms with E-state index in [1.54, 1.807) is 0 Å². The molecule has 0 atom stereocenters. The van der Waals surface area contributed by atoms with Crippen molar-refractivity contribution in [3.8, 4) is 0 Å². The van der Waals surface area contributed by atoms with E-state index in [2.05, 4.69) is 15.3 Å². The first-order chi connectivity index (χ1) is 5.47. The molecule has 0 spiro atoms. The topological polar surface area (TPSA) is 18.5 Å². The Morgan fingerprint density at radius 3 is 2.45 bits per heavy atom. The van der Waals surface area contributed by atoms with Gasteiger partial charge in [0, 0.05) is 38.5 Å². The summed E-state index contributed by atoms with van der Waals surface area (Å²) < 4.78 is 0. The molecule has 0 aromatic heterocycles. The number of hydrogen-bond donors (Lipinski definition) is 1. The van der Waals surface area contributed by atoms with Crippen LogP contribution in [0.15, 0.2) is 0 Å². The van der Waals surface area contributed by atoms with Crippen molar-refractivity contribution in [3.63, 3.8) is 0 Å². The predicted octanol–water partition coefficient (Wildman–Crippen LogP) is -0.187. The third-order valence-corrected chi connectivity index (χ3v) is 3.18. The van der Waals surface area contributed by atoms with Gasteiger partial charge in [-0.2, -0.15) is 0 Å². The van der Waals surface area contributed by atoms with Crippen molar-refractivity contribution in [1.82, 2.24) is 15.3 Å². The van der Waals surface area contributed by atoms with Crippen LogP contribution in [0.4, 0.5) is 0 Å². The molecule has 0 aliphatic carbocycles. The minimum atomic E-state index is 1.15. The maximum absolute atomic E-state index is 3.36. The molecule has 2 aliphatic heterocycles. The van der Waals surface area contributed by atoms with Crippen molar-refractivity contribution in [2.75, 3.05) is 44.4 Å². The number of rotatable bonds is 1. The maximum atomic E-state index is 3.36. The van der Waals surface area contributed by atoms with E-state index < -0.39 is 0 Å². The van der Waals surface area contributed by atoms with Crippen LogP contribution in [0.5, 0.6) is 0 Å². The first-order valence-electron chi connectivity index (χ1n) is 4.25. The summed E-state index contributed by atoms with van der Waals surface area (Å²) >= 11 is 2.04. The van der Waals surface area contributed by atoms with E-state index in [9.17, 15) is 0 Å². The second-order valence-corrected chi connectivity index (χ2v) is 4.05. The van der Waals surface area contributed by atoms with E-state index in [1.807, 2.05) is 11.8 Å². The monoisotopic (exact) mass is 173 g/mol. The number of hydrazine groups is 1. The summed E-state index contributed by atoms with van der Waals surface area (Å²) in [6, 6.07) is 0. The molecule has 2 heterocycles. The molecule has 0 unspecified atom stereocenters. The van der Waals surface area contributed by atoms with Gasteiger partial charge in [-0.1, -0.05) is 0 Å². The van der Waals surface area contributed by atoms with Crippen LogP contribution in [0.25, 0.3) is 0 Å². The van der Waals surface area contributed by atoms with E-state index in [-0.39, 0.29) is 0 Å². The van der Waals surface area contributed by atoms with Gasteiger partial charge in [-0.25, -0.2) is 10.0 Å². The lowest BCUT2D eigenvalue weighted by atomic mass is 10.4. The first kappa shape index (κ1) is 7.86. The summed E-state index contributed by atoms with van der Waals surface area (Å²) in [7, 11) is 0. The van der Waals surface area contributed by atoms with Crippen molar-refractivity contribution < 1.29 is 0 Å². The molecule has 11 heavy (non-hydrogen) atoms. The second-order valence-electron chi connectivity index (χ2n) is 2.97. The van der Waals surface area contributed by atoms with Gasteiger partial charge in [-0.05, 0) is 0 Å². The average molecular weight is 173 g/mol. The average Bonchev–Trinajstić information content (AvgIpc) is 2.58. The summed E-state index contributed by atoms with van der Waals surface area (Å²) in [6.45, 7) is 5.95. The fourth-order valence-corrected chi connectivity index (χ4v) is 2.54. The third-order valence-electron chi connectivity index (χ3n) is 2.23. The van der Waals surface area contributed by atoms with Crippen LogP contribution in [0, 0.1) is 0 Å². The molecule has 64 valence electrons. The highest BCUT2D eigenvalue weighted by Gasteiger charge is 2.20. The van der Waals surface area contributed by atoms with Crippen molar-refractivity contribution in [2.24, 2.45) is 0 Å². The Morgan fingerprint density at radius 2 is 1.82 bits per heavy atom. The van der Waals surface area contributed by atoms with E-state index in [4.69, 9.17) is 0 Å². The Balaban J connectivity index is 1.82. The van der Waals surface area contributed by atoms with Gasteiger partial charge in [0.2, 0.25) is 0 Å². The normalized spacial score (nSPS) is 29.5. The third kappa shape index (κ3) is 1.87. The number of thioether (sulfide) groups is 1. The quantitative estimate of drug-likeness (QED) is 0.592. The molecule has 2 saturated heterocycles. The van der Waals surface area contributed by atoms with E-state index in [0.717, 1.165) is 13.1 Å². The van der Waals surface area contributed by atoms with Gasteiger partial charge in [0.1, 0.15) is 0 Å². The molecular formula is C7H15N3S. The molecule has 2 aliphatic rings. The molecule has 0 bridgehead atoms. The Labute approximate surface area is 72.1 Å². The molecule has 2 rings (SSSR count). The lowest BCUT2D eigenvalue weighted by Gasteiger charge is -2.34. The van der Waals surface area contributed by atoms with Crippen LogP contribution in [-0.4, -0.2) is 54.4 Å². The first-order valence-corrected chi connectivity index (χ1v) is 5.40. The van der Waals surface area contributed by atoms with E-state index in [1.165, 1.54) is 31.3 Å². The number of nitrogens with one attached hydrogen (secondary N) is 1. The van der Waals surface area contributed by atoms with Crippen molar-refractivity contribution in [1.29, 1.82) is 0 Å². The molecule has 0 amide bonds. The zero-order chi connectivity index (χ0) is 7.52. The van der Waals surface area contributed by atoms with Crippen molar-refractivity contribution in [2.45, 2.75) is 0 Å². The molecule has 0 aromatic rings. The predicted molar refractivity (Wildman–Crippen MR) is 48.5 cm³/mol. The minimum absolute atomic E-state index is 1.15. The van der Waals surface area contributed by atoms with Gasteiger partial charge in [0.25, 0.3) is 0 Å². The fraction of sp³-hybridized carbons (Fsp3) is 1.00. The smallest absolute Gasteiger partial charge is 0.0590 e. The Hall–Kier alpha value is 0.230. The largest absolute Gasteiger partial charge is 0.314 e. The van der Waals surface area contributed by atoms with E-state index in [0.29, 0.717) is 0 Å². The van der Waals surface area contributed by atoms with Crippen LogP contribution < -0.4 is 5.32 Å². The van der Waals surface area contributed by atoms with Crippen LogP contribution >= 0.6 is 11.8 Å². The van der Waals surface area contributed by atoms with Crippen molar-refractivity contribution in [3.05, 3.63) is 0 Å². The molecule has 1 N–H and O–H groups in total. The Bertz CT molecular complexity index is 119. The van der Waals surface area contributed by atoms with Crippen molar-refractivity contribution >= 4 is 11.8 Å². The summed E-state index contributed by atoms with van der Waals surface area (Å²) in [5, 5.41) is 8.32. The number of piperazine rings is 1. The standard InChI is InChI=1S/C7H15N3S/c1-3-9(4-2-8-1)10-5-6-11-7-10/h8H,1-7H2. The van der Waals surface area contributed by atoms with Gasteiger partial charge in [0.05, 0.1) is 5.88 Å². The van der Waals surface area contributed by atoms with Crippen LogP contribution in [0.2, 0.25) is 0 Å². The summed E-state index contributed by atoms with van der Waals surface area (Å²) in [5.41, 5.74) is 0. The highest BCUT2D eigenvalue weighted by atomic mass is 32.2. The van der Waals surface area contributed by atoms with Gasteiger partial charge in [-0.15, -0.1) is 11.8 Å². The molecule has 4 heteroatoms. The highest BCUT2D eigenvalue weighted by Crippen LogP contribution is 2.15. The maximum Gasteiger partial charge on any atom is 0.0590 e. The summed E-state index contributed by atoms with van der Waals surface area (Å²) in [4.78, 5) is 0. The van der Waals surface area contributed by atoms with Crippen LogP contribution in [-0.2, 0) is 0 Å². The van der Waals surface area contributed by atoms with Crippen LogP contribution in [0.1, 0.15) is 0 Å². The van der Waals surface area contributed by atoms with Gasteiger partial charge in [-0.3, -0.25) is 0 Å². The number of hydrogen-bond acceptors (Lipinski definition) is 4. The fourth-order valence-electron chi connectivity index (χ4n) is 1.56. The highest BCUT2D eigenvalue weighted by molar-refractivity contribution is 7.99. The molecule has 0 saturated carbocycles. The summed E-state index contributed by atoms with van der Waals surface area (Å²) in [6.07, 6.45) is 0. The zero-order valence-electron chi connectivity index (χ0n) is 6.75. The lowest BCUT2D eigenvalue weighted by molar-refractivity contribution is -0.00564. The van der Waals surface area contributed by atoms with E-state index >= 15 is 0 Å². The van der Waals surface area contributed by atoms with Gasteiger partial charge in [0.15, 0.2) is 0 Å². The zero-order valence-corrected chi connectivity index (χ0v) is 7.57. The Morgan fingerprint density at radius 1 is 1.00 bits per heavy atom. The minimum Gasteiger partial charge on any atom is -0.314 e. The molecule has 2 fully saturated rings. The van der Waals surface area contributed by atoms with Gasteiger partial charge >= 0.3 is 0 Å². The van der Waals surface area contributed by atoms with Gasteiger partial charge < -0.3 is 5.32 Å². The molecule has 0 aromatic carbocycles. The second kappa shape index (κ2) is 3.76. The summed E-state index contributed by atoms with van der Waals surface area (Å²) in [5.74, 6) is 2.52. The molecule has 3 nitrogen and oxygen atoms in total. The Kier molecular flexibility index (Phi) is 2.68. The lowest BCUT2D eigenvalue weighted by Crippen LogP contribution is -2.51. The number of nitrogens with zero attached hydrogens (tertiary/aromatic N) is 2. The molecule has 0 radical (unpaired) electrons. The molecular weight excluding hydrogens is 158 g/mol.